The van der Waals surface area contributed by atoms with Crippen molar-refractivity contribution in [3.8, 4) is 0 Å². The maximum Gasteiger partial charge on any atom is 0.162 e. The van der Waals surface area contributed by atoms with Crippen LogP contribution < -0.4 is 0 Å². The van der Waals surface area contributed by atoms with E-state index in [1.807, 2.05) is 24.3 Å². The molecule has 0 saturated heterocycles. The van der Waals surface area contributed by atoms with Gasteiger partial charge in [0, 0.05) is 15.6 Å². The molecule has 0 spiro atoms. The molecule has 2 heteroatoms. The third kappa shape index (κ3) is 4.78. The fourth-order valence-corrected chi connectivity index (χ4v) is 1.85. The minimum absolute atomic E-state index is 0.280. The molecule has 0 aliphatic rings. The highest BCUT2D eigenvalue weighted by Crippen LogP contribution is 2.11. The van der Waals surface area contributed by atoms with Gasteiger partial charge in [-0.15, -0.1) is 0 Å². The number of Topliss-reactive ketones (excluding diaryl/α,β-unsaturated/α-hetero) is 1. The van der Waals surface area contributed by atoms with Crippen LogP contribution in [0.15, 0.2) is 24.3 Å². The second-order valence-corrected chi connectivity index (χ2v) is 4.99. The molecular formula is C13H17IO. The van der Waals surface area contributed by atoms with Crippen LogP contribution in [-0.2, 0) is 0 Å². The van der Waals surface area contributed by atoms with Gasteiger partial charge in [0.15, 0.2) is 5.78 Å². The van der Waals surface area contributed by atoms with Crippen LogP contribution in [0.3, 0.4) is 0 Å². The number of carbonyl (C=O) groups excluding carboxylic acids is 1. The molecular weight excluding hydrogens is 299 g/mol. The predicted molar refractivity (Wildman–Crippen MR) is 72.2 cm³/mol. The molecule has 0 aliphatic carbocycles. The topological polar surface area (TPSA) is 17.1 Å². The lowest BCUT2D eigenvalue weighted by Crippen LogP contribution is -1.98. The minimum atomic E-state index is 0.280. The smallest absolute Gasteiger partial charge is 0.162 e. The summed E-state index contributed by atoms with van der Waals surface area (Å²) in [7, 11) is 0. The molecule has 0 aromatic heterocycles. The van der Waals surface area contributed by atoms with E-state index in [0.29, 0.717) is 6.42 Å². The fraction of sp³-hybridized carbons (Fsp3) is 0.462. The van der Waals surface area contributed by atoms with Crippen LogP contribution in [0.2, 0.25) is 0 Å². The highest BCUT2D eigenvalue weighted by atomic mass is 127. The number of ketones is 1. The maximum atomic E-state index is 11.7. The zero-order chi connectivity index (χ0) is 11.1. The largest absolute Gasteiger partial charge is 0.294 e. The Bertz CT molecular complexity index is 303. The van der Waals surface area contributed by atoms with E-state index in [9.17, 15) is 4.79 Å². The summed E-state index contributed by atoms with van der Waals surface area (Å²) in [6, 6.07) is 7.81. The summed E-state index contributed by atoms with van der Waals surface area (Å²) < 4.78 is 1.18. The number of rotatable bonds is 6. The van der Waals surface area contributed by atoms with E-state index in [-0.39, 0.29) is 5.78 Å². The number of hydrogen-bond acceptors (Lipinski definition) is 1. The van der Waals surface area contributed by atoms with Gasteiger partial charge in [-0.25, -0.2) is 0 Å². The van der Waals surface area contributed by atoms with E-state index in [4.69, 9.17) is 0 Å². The Balaban J connectivity index is 2.37. The highest BCUT2D eigenvalue weighted by molar-refractivity contribution is 14.1. The average molecular weight is 316 g/mol. The van der Waals surface area contributed by atoms with Crippen molar-refractivity contribution in [2.24, 2.45) is 0 Å². The Kier molecular flexibility index (Phi) is 5.91. The molecule has 0 N–H and O–H groups in total. The van der Waals surface area contributed by atoms with Gasteiger partial charge < -0.3 is 0 Å². The van der Waals surface area contributed by atoms with Crippen LogP contribution in [0, 0.1) is 3.57 Å². The quantitative estimate of drug-likeness (QED) is 0.431. The van der Waals surface area contributed by atoms with Crippen LogP contribution in [0.25, 0.3) is 0 Å². The molecule has 0 unspecified atom stereocenters. The molecule has 1 aromatic carbocycles. The van der Waals surface area contributed by atoms with Crippen LogP contribution in [0.4, 0.5) is 0 Å². The van der Waals surface area contributed by atoms with Gasteiger partial charge in [0.2, 0.25) is 0 Å². The summed E-state index contributed by atoms with van der Waals surface area (Å²) in [6.45, 7) is 2.18. The molecule has 1 aromatic rings. The summed E-state index contributed by atoms with van der Waals surface area (Å²) in [5, 5.41) is 0. The molecule has 0 saturated carbocycles. The summed E-state index contributed by atoms with van der Waals surface area (Å²) in [6.07, 6.45) is 5.35. The second kappa shape index (κ2) is 6.99. The number of carbonyl (C=O) groups is 1. The molecule has 0 bridgehead atoms. The number of benzene rings is 1. The van der Waals surface area contributed by atoms with Gasteiger partial charge >= 0.3 is 0 Å². The van der Waals surface area contributed by atoms with E-state index in [1.54, 1.807) is 0 Å². The normalized spacial score (nSPS) is 10.3. The van der Waals surface area contributed by atoms with Gasteiger partial charge in [-0.1, -0.05) is 38.3 Å². The molecule has 1 rings (SSSR count). The minimum Gasteiger partial charge on any atom is -0.294 e. The van der Waals surface area contributed by atoms with Crippen molar-refractivity contribution in [2.75, 3.05) is 0 Å². The molecule has 15 heavy (non-hydrogen) atoms. The number of unbranched alkanes of at least 4 members (excludes halogenated alkanes) is 3. The summed E-state index contributed by atoms with van der Waals surface area (Å²) in [4.78, 5) is 11.7. The van der Waals surface area contributed by atoms with Crippen LogP contribution >= 0.6 is 22.6 Å². The summed E-state index contributed by atoms with van der Waals surface area (Å²) in [5.74, 6) is 0.280. The monoisotopic (exact) mass is 316 g/mol. The van der Waals surface area contributed by atoms with E-state index in [0.717, 1.165) is 12.0 Å². The second-order valence-electron chi connectivity index (χ2n) is 3.74. The van der Waals surface area contributed by atoms with Crippen molar-refractivity contribution in [3.63, 3.8) is 0 Å². The first-order chi connectivity index (χ1) is 7.24. The summed E-state index contributed by atoms with van der Waals surface area (Å²) in [5.41, 5.74) is 0.854. The molecule has 0 amide bonds. The van der Waals surface area contributed by atoms with Crippen LogP contribution in [0.5, 0.6) is 0 Å². The standard InChI is InChI=1S/C13H17IO/c1-2-3-4-5-6-13(15)11-7-9-12(14)10-8-11/h7-10H,2-6H2,1H3. The van der Waals surface area contributed by atoms with Gasteiger partial charge in [0.25, 0.3) is 0 Å². The van der Waals surface area contributed by atoms with E-state index < -0.39 is 0 Å². The Morgan fingerprint density at radius 3 is 2.40 bits per heavy atom. The molecule has 0 aliphatic heterocycles. The third-order valence-corrected chi connectivity index (χ3v) is 3.14. The zero-order valence-electron chi connectivity index (χ0n) is 9.13. The van der Waals surface area contributed by atoms with Gasteiger partial charge in [-0.3, -0.25) is 4.79 Å². The molecule has 0 radical (unpaired) electrons. The molecule has 0 atom stereocenters. The van der Waals surface area contributed by atoms with Gasteiger partial charge in [-0.05, 0) is 41.1 Å². The van der Waals surface area contributed by atoms with Crippen molar-refractivity contribution in [3.05, 3.63) is 33.4 Å². The zero-order valence-corrected chi connectivity index (χ0v) is 11.3. The lowest BCUT2D eigenvalue weighted by atomic mass is 10.0. The Hall–Kier alpha value is -0.380. The first-order valence-electron chi connectivity index (χ1n) is 5.53. The number of hydrogen-bond donors (Lipinski definition) is 0. The summed E-state index contributed by atoms with van der Waals surface area (Å²) >= 11 is 2.25. The lowest BCUT2D eigenvalue weighted by molar-refractivity contribution is 0.0979. The van der Waals surface area contributed by atoms with Gasteiger partial charge in [-0.2, -0.15) is 0 Å². The predicted octanol–water partition coefficient (Wildman–Crippen LogP) is 4.44. The fourth-order valence-electron chi connectivity index (χ4n) is 1.49. The average Bonchev–Trinajstić information content (AvgIpc) is 2.25. The van der Waals surface area contributed by atoms with Crippen LogP contribution in [0.1, 0.15) is 49.4 Å². The van der Waals surface area contributed by atoms with Crippen LogP contribution in [-0.4, -0.2) is 5.78 Å². The van der Waals surface area contributed by atoms with Crippen molar-refractivity contribution < 1.29 is 4.79 Å². The maximum absolute atomic E-state index is 11.7. The Morgan fingerprint density at radius 2 is 1.80 bits per heavy atom. The Labute approximate surface area is 105 Å². The van der Waals surface area contributed by atoms with Crippen molar-refractivity contribution in [1.29, 1.82) is 0 Å². The Morgan fingerprint density at radius 1 is 1.13 bits per heavy atom. The molecule has 82 valence electrons. The van der Waals surface area contributed by atoms with Crippen molar-refractivity contribution in [1.82, 2.24) is 0 Å². The number of halogens is 1. The first-order valence-corrected chi connectivity index (χ1v) is 6.60. The highest BCUT2D eigenvalue weighted by Gasteiger charge is 2.04. The van der Waals surface area contributed by atoms with E-state index in [1.165, 1.54) is 22.8 Å². The van der Waals surface area contributed by atoms with E-state index >= 15 is 0 Å². The SMILES string of the molecule is CCCCCCC(=O)c1ccc(I)cc1. The first kappa shape index (κ1) is 12.7. The van der Waals surface area contributed by atoms with Gasteiger partial charge in [0.1, 0.15) is 0 Å². The van der Waals surface area contributed by atoms with Crippen molar-refractivity contribution in [2.45, 2.75) is 39.0 Å². The lowest BCUT2D eigenvalue weighted by Gasteiger charge is -2.01. The molecule has 0 heterocycles. The van der Waals surface area contributed by atoms with Crippen molar-refractivity contribution >= 4 is 28.4 Å². The molecule has 1 nitrogen and oxygen atoms in total. The molecule has 0 fully saturated rings. The van der Waals surface area contributed by atoms with Gasteiger partial charge in [0.05, 0.1) is 0 Å². The van der Waals surface area contributed by atoms with E-state index in [2.05, 4.69) is 29.5 Å². The third-order valence-electron chi connectivity index (χ3n) is 2.42.